The second-order valence-electron chi connectivity index (χ2n) is 3.21. The molecular formula is C8H11FO3S2. The van der Waals surface area contributed by atoms with Crippen molar-refractivity contribution in [3.63, 3.8) is 0 Å². The zero-order valence-corrected chi connectivity index (χ0v) is 9.67. The molecule has 14 heavy (non-hydrogen) atoms. The normalized spacial score (nSPS) is 14.4. The van der Waals surface area contributed by atoms with Crippen LogP contribution in [0.1, 0.15) is 18.7 Å². The predicted octanol–water partition coefficient (Wildman–Crippen LogP) is 1.78. The summed E-state index contributed by atoms with van der Waals surface area (Å²) < 4.78 is 28.9. The Morgan fingerprint density at radius 1 is 1.64 bits per heavy atom. The number of halogens is 1. The molecule has 1 atom stereocenters. The van der Waals surface area contributed by atoms with Crippen LogP contribution in [0.2, 0.25) is 0 Å². The van der Waals surface area contributed by atoms with Gasteiger partial charge in [-0.05, 0) is 19.9 Å². The van der Waals surface area contributed by atoms with Crippen molar-refractivity contribution < 1.29 is 17.9 Å². The van der Waals surface area contributed by atoms with Gasteiger partial charge >= 0.3 is 0 Å². The standard InChI is InChI=1S/C8H11FO3S2/c1-8(2,10)6-4-5(9)7(13-6)14(11)12-3/h4,10H,1-3H3/t14-/m0/s1. The molecule has 1 N–H and O–H groups in total. The van der Waals surface area contributed by atoms with Gasteiger partial charge in [0.1, 0.15) is 0 Å². The van der Waals surface area contributed by atoms with E-state index in [-0.39, 0.29) is 4.21 Å². The molecule has 0 saturated carbocycles. The molecule has 1 heterocycles. The lowest BCUT2D eigenvalue weighted by Crippen LogP contribution is -2.12. The van der Waals surface area contributed by atoms with Crippen molar-refractivity contribution in [1.82, 2.24) is 0 Å². The quantitative estimate of drug-likeness (QED) is 0.873. The van der Waals surface area contributed by atoms with Gasteiger partial charge < -0.3 is 5.11 Å². The van der Waals surface area contributed by atoms with Gasteiger partial charge in [0.25, 0.3) is 0 Å². The zero-order valence-electron chi connectivity index (χ0n) is 8.04. The zero-order chi connectivity index (χ0) is 10.9. The highest BCUT2D eigenvalue weighted by Crippen LogP contribution is 2.32. The first-order valence-corrected chi connectivity index (χ1v) is 5.74. The highest BCUT2D eigenvalue weighted by molar-refractivity contribution is 7.82. The Kier molecular flexibility index (Phi) is 3.41. The van der Waals surface area contributed by atoms with Crippen LogP contribution in [0.5, 0.6) is 0 Å². The molecule has 0 aliphatic heterocycles. The minimum absolute atomic E-state index is 0.00428. The van der Waals surface area contributed by atoms with Crippen LogP contribution in [0.3, 0.4) is 0 Å². The number of thiophene rings is 1. The van der Waals surface area contributed by atoms with E-state index in [0.717, 1.165) is 11.3 Å². The lowest BCUT2D eigenvalue weighted by molar-refractivity contribution is 0.0823. The van der Waals surface area contributed by atoms with E-state index in [4.69, 9.17) is 0 Å². The van der Waals surface area contributed by atoms with Crippen molar-refractivity contribution in [2.24, 2.45) is 0 Å². The molecule has 0 bridgehead atoms. The summed E-state index contributed by atoms with van der Waals surface area (Å²) in [4.78, 5) is 0.426. The molecule has 0 aliphatic carbocycles. The molecule has 1 aromatic rings. The summed E-state index contributed by atoms with van der Waals surface area (Å²) in [6.07, 6.45) is 0. The third kappa shape index (κ3) is 2.38. The Labute approximate surface area is 88.2 Å². The fourth-order valence-electron chi connectivity index (χ4n) is 0.843. The molecule has 0 aromatic carbocycles. The van der Waals surface area contributed by atoms with Crippen molar-refractivity contribution in [2.45, 2.75) is 23.7 Å². The first-order chi connectivity index (χ1) is 6.36. The Morgan fingerprint density at radius 2 is 2.21 bits per heavy atom. The molecule has 0 aliphatic rings. The first kappa shape index (κ1) is 11.8. The maximum Gasteiger partial charge on any atom is 0.202 e. The van der Waals surface area contributed by atoms with Gasteiger partial charge in [0, 0.05) is 4.88 Å². The molecule has 0 spiro atoms. The fraction of sp³-hybridized carbons (Fsp3) is 0.500. The second-order valence-corrected chi connectivity index (χ2v) is 5.73. The van der Waals surface area contributed by atoms with E-state index in [1.807, 2.05) is 0 Å². The molecule has 80 valence electrons. The fourth-order valence-corrected chi connectivity index (χ4v) is 2.73. The summed E-state index contributed by atoms with van der Waals surface area (Å²) in [6.45, 7) is 3.08. The van der Waals surface area contributed by atoms with Crippen molar-refractivity contribution in [3.05, 3.63) is 16.8 Å². The van der Waals surface area contributed by atoms with Crippen molar-refractivity contribution in [2.75, 3.05) is 7.11 Å². The molecule has 0 radical (unpaired) electrons. The molecular weight excluding hydrogens is 227 g/mol. The van der Waals surface area contributed by atoms with Gasteiger partial charge in [-0.2, -0.15) is 0 Å². The molecule has 1 aromatic heterocycles. The van der Waals surface area contributed by atoms with Gasteiger partial charge in [-0.25, -0.2) is 8.60 Å². The molecule has 0 amide bonds. The van der Waals surface area contributed by atoms with Gasteiger partial charge in [-0.15, -0.1) is 11.3 Å². The van der Waals surface area contributed by atoms with Gasteiger partial charge in [0.05, 0.1) is 12.7 Å². The van der Waals surface area contributed by atoms with E-state index < -0.39 is 22.5 Å². The lowest BCUT2D eigenvalue weighted by Gasteiger charge is -2.13. The summed E-state index contributed by atoms with van der Waals surface area (Å²) >= 11 is -0.835. The largest absolute Gasteiger partial charge is 0.385 e. The Balaban J connectivity index is 3.12. The van der Waals surface area contributed by atoms with Crippen molar-refractivity contribution >= 4 is 22.4 Å². The molecule has 0 fully saturated rings. The van der Waals surface area contributed by atoms with E-state index in [1.165, 1.54) is 27.0 Å². The van der Waals surface area contributed by atoms with E-state index in [0.29, 0.717) is 4.88 Å². The molecule has 0 saturated heterocycles. The van der Waals surface area contributed by atoms with Gasteiger partial charge in [0.2, 0.25) is 11.1 Å². The topological polar surface area (TPSA) is 46.5 Å². The molecule has 1 rings (SSSR count). The first-order valence-electron chi connectivity index (χ1n) is 3.84. The minimum Gasteiger partial charge on any atom is -0.385 e. The van der Waals surface area contributed by atoms with Crippen LogP contribution < -0.4 is 0 Å². The molecule has 3 nitrogen and oxygen atoms in total. The third-order valence-corrected chi connectivity index (χ3v) is 4.24. The number of hydrogen-bond acceptors (Lipinski definition) is 4. The average molecular weight is 238 g/mol. The third-order valence-electron chi connectivity index (χ3n) is 1.56. The van der Waals surface area contributed by atoms with Crippen LogP contribution in [-0.4, -0.2) is 16.4 Å². The van der Waals surface area contributed by atoms with E-state index in [1.54, 1.807) is 0 Å². The summed E-state index contributed by atoms with van der Waals surface area (Å²) in [6, 6.07) is 1.18. The second kappa shape index (κ2) is 4.06. The molecule has 6 heteroatoms. The van der Waals surface area contributed by atoms with Gasteiger partial charge in [-0.1, -0.05) is 0 Å². The average Bonchev–Trinajstić information content (AvgIpc) is 2.45. The van der Waals surface area contributed by atoms with Crippen LogP contribution in [-0.2, 0) is 20.9 Å². The van der Waals surface area contributed by atoms with Crippen LogP contribution in [0.4, 0.5) is 4.39 Å². The smallest absolute Gasteiger partial charge is 0.202 e. The van der Waals surface area contributed by atoms with Crippen LogP contribution in [0.25, 0.3) is 0 Å². The number of rotatable bonds is 3. The maximum atomic E-state index is 13.2. The summed E-state index contributed by atoms with van der Waals surface area (Å²) in [5, 5.41) is 9.59. The van der Waals surface area contributed by atoms with Gasteiger partial charge in [0.15, 0.2) is 10.0 Å². The predicted molar refractivity (Wildman–Crippen MR) is 52.9 cm³/mol. The van der Waals surface area contributed by atoms with E-state index >= 15 is 0 Å². The van der Waals surface area contributed by atoms with Crippen molar-refractivity contribution in [3.8, 4) is 0 Å². The van der Waals surface area contributed by atoms with Crippen LogP contribution >= 0.6 is 11.3 Å². The Morgan fingerprint density at radius 3 is 2.57 bits per heavy atom. The number of hydrogen-bond donors (Lipinski definition) is 1. The van der Waals surface area contributed by atoms with E-state index in [9.17, 15) is 13.7 Å². The SMILES string of the molecule is CO[S@](=O)c1sc(C(C)(C)O)cc1F. The lowest BCUT2D eigenvalue weighted by atomic mass is 10.1. The minimum atomic E-state index is -1.78. The highest BCUT2D eigenvalue weighted by atomic mass is 32.2. The Hall–Kier alpha value is -0.300. The summed E-state index contributed by atoms with van der Waals surface area (Å²) in [7, 11) is 1.24. The van der Waals surface area contributed by atoms with Gasteiger partial charge in [-0.3, -0.25) is 4.18 Å². The maximum absolute atomic E-state index is 13.2. The summed E-state index contributed by atoms with van der Waals surface area (Å²) in [5.41, 5.74) is -1.12. The highest BCUT2D eigenvalue weighted by Gasteiger charge is 2.24. The van der Waals surface area contributed by atoms with Crippen LogP contribution in [0.15, 0.2) is 10.3 Å². The van der Waals surface area contributed by atoms with E-state index in [2.05, 4.69) is 4.18 Å². The van der Waals surface area contributed by atoms with Crippen molar-refractivity contribution in [1.29, 1.82) is 0 Å². The molecule has 0 unspecified atom stereocenters. The summed E-state index contributed by atoms with van der Waals surface area (Å²) in [5.74, 6) is -0.604. The monoisotopic (exact) mass is 238 g/mol. The van der Waals surface area contributed by atoms with Crippen LogP contribution in [0, 0.1) is 5.82 Å². The Bertz CT molecular complexity index is 354. The number of aliphatic hydroxyl groups is 1.